The van der Waals surface area contributed by atoms with Crippen LogP contribution in [0.2, 0.25) is 0 Å². The van der Waals surface area contributed by atoms with E-state index in [1.165, 1.54) is 12.3 Å². The molecular formula is C13H12ClN3O3. The van der Waals surface area contributed by atoms with Crippen molar-refractivity contribution in [2.45, 2.75) is 12.3 Å². The van der Waals surface area contributed by atoms with Gasteiger partial charge < -0.3 is 10.3 Å². The van der Waals surface area contributed by atoms with Crippen LogP contribution in [0, 0.1) is 10.1 Å². The molecule has 0 fully saturated rings. The molecule has 104 valence electrons. The zero-order chi connectivity index (χ0) is 14.7. The van der Waals surface area contributed by atoms with E-state index < -0.39 is 10.8 Å². The molecule has 1 amide bonds. The molecule has 1 aromatic carbocycles. The van der Waals surface area contributed by atoms with Gasteiger partial charge in [0.15, 0.2) is 0 Å². The zero-order valence-electron chi connectivity index (χ0n) is 10.6. The van der Waals surface area contributed by atoms with Gasteiger partial charge in [0.2, 0.25) is 0 Å². The van der Waals surface area contributed by atoms with Crippen LogP contribution in [-0.4, -0.2) is 15.8 Å². The van der Waals surface area contributed by atoms with Crippen LogP contribution in [-0.2, 0) is 0 Å². The maximum Gasteiger partial charge on any atom is 0.287 e. The summed E-state index contributed by atoms with van der Waals surface area (Å²) in [6, 6.07) is 8.31. The standard InChI is InChI=1S/C13H12ClN3O3/c1-8(14)10-4-2-3-5-11(10)16-13(18)12-6-9(7-15-12)17(19)20/h2-8,15H,1H3,(H,16,18). The number of hydrogen-bond donors (Lipinski definition) is 2. The summed E-state index contributed by atoms with van der Waals surface area (Å²) in [6.45, 7) is 1.80. The van der Waals surface area contributed by atoms with Crippen LogP contribution in [0.4, 0.5) is 11.4 Å². The first-order chi connectivity index (χ1) is 9.49. The van der Waals surface area contributed by atoms with Gasteiger partial charge in [0.05, 0.1) is 16.5 Å². The molecule has 0 saturated carbocycles. The summed E-state index contributed by atoms with van der Waals surface area (Å²) in [7, 11) is 0. The number of hydrogen-bond acceptors (Lipinski definition) is 3. The van der Waals surface area contributed by atoms with Gasteiger partial charge in [-0.15, -0.1) is 11.6 Å². The first-order valence-electron chi connectivity index (χ1n) is 5.86. The van der Waals surface area contributed by atoms with Crippen molar-refractivity contribution >= 4 is 28.9 Å². The van der Waals surface area contributed by atoms with Gasteiger partial charge in [-0.05, 0) is 18.6 Å². The number of halogens is 1. The zero-order valence-corrected chi connectivity index (χ0v) is 11.3. The van der Waals surface area contributed by atoms with Gasteiger partial charge in [0, 0.05) is 11.8 Å². The Morgan fingerprint density at radius 3 is 2.75 bits per heavy atom. The van der Waals surface area contributed by atoms with Gasteiger partial charge in [0.1, 0.15) is 5.69 Å². The fraction of sp³-hybridized carbons (Fsp3) is 0.154. The van der Waals surface area contributed by atoms with Crippen molar-refractivity contribution in [3.63, 3.8) is 0 Å². The third-order valence-corrected chi connectivity index (χ3v) is 3.00. The molecule has 0 radical (unpaired) electrons. The summed E-state index contributed by atoms with van der Waals surface area (Å²) in [5.41, 5.74) is 1.32. The lowest BCUT2D eigenvalue weighted by Gasteiger charge is -2.11. The van der Waals surface area contributed by atoms with Crippen molar-refractivity contribution in [1.29, 1.82) is 0 Å². The van der Waals surface area contributed by atoms with E-state index in [1.807, 2.05) is 12.1 Å². The molecule has 0 aliphatic carbocycles. The number of carbonyl (C=O) groups excluding carboxylic acids is 1. The van der Waals surface area contributed by atoms with Gasteiger partial charge in [0.25, 0.3) is 11.6 Å². The predicted molar refractivity (Wildman–Crippen MR) is 76.1 cm³/mol. The lowest BCUT2D eigenvalue weighted by atomic mass is 10.1. The molecule has 1 unspecified atom stereocenters. The topological polar surface area (TPSA) is 88.0 Å². The predicted octanol–water partition coefficient (Wildman–Crippen LogP) is 3.48. The molecule has 2 N–H and O–H groups in total. The molecule has 0 spiro atoms. The molecule has 1 aromatic heterocycles. The number of aromatic nitrogens is 1. The van der Waals surface area contributed by atoms with E-state index in [1.54, 1.807) is 19.1 Å². The molecule has 2 rings (SSSR count). The SMILES string of the molecule is CC(Cl)c1ccccc1NC(=O)c1cc([N+](=O)[O-])c[nH]1. The van der Waals surface area contributed by atoms with Gasteiger partial charge in [-0.1, -0.05) is 18.2 Å². The number of rotatable bonds is 4. The Bertz CT molecular complexity index is 652. The first kappa shape index (κ1) is 14.1. The number of alkyl halides is 1. The Kier molecular flexibility index (Phi) is 4.05. The highest BCUT2D eigenvalue weighted by Gasteiger charge is 2.16. The van der Waals surface area contributed by atoms with Crippen molar-refractivity contribution in [3.8, 4) is 0 Å². The van der Waals surface area contributed by atoms with Gasteiger partial charge in [-0.25, -0.2) is 0 Å². The number of carbonyl (C=O) groups is 1. The maximum atomic E-state index is 12.0. The van der Waals surface area contributed by atoms with E-state index >= 15 is 0 Å². The van der Waals surface area contributed by atoms with E-state index in [2.05, 4.69) is 10.3 Å². The van der Waals surface area contributed by atoms with Crippen LogP contribution in [0.5, 0.6) is 0 Å². The van der Waals surface area contributed by atoms with Crippen molar-refractivity contribution in [3.05, 3.63) is 57.9 Å². The van der Waals surface area contributed by atoms with Crippen LogP contribution in [0.25, 0.3) is 0 Å². The molecule has 1 atom stereocenters. The Balaban J connectivity index is 2.21. The number of nitrogens with one attached hydrogen (secondary N) is 2. The number of nitrogens with zero attached hydrogens (tertiary/aromatic N) is 1. The molecule has 1 heterocycles. The molecular weight excluding hydrogens is 282 g/mol. The Labute approximate surface area is 119 Å². The number of benzene rings is 1. The van der Waals surface area contributed by atoms with E-state index in [4.69, 9.17) is 11.6 Å². The highest BCUT2D eigenvalue weighted by molar-refractivity contribution is 6.21. The number of para-hydroxylation sites is 1. The van der Waals surface area contributed by atoms with Crippen LogP contribution in [0.3, 0.4) is 0 Å². The van der Waals surface area contributed by atoms with E-state index in [9.17, 15) is 14.9 Å². The molecule has 0 bridgehead atoms. The van der Waals surface area contributed by atoms with Crippen molar-refractivity contribution < 1.29 is 9.72 Å². The molecule has 0 aliphatic rings. The summed E-state index contributed by atoms with van der Waals surface area (Å²) in [5, 5.41) is 13.0. The minimum absolute atomic E-state index is 0.119. The third kappa shape index (κ3) is 2.97. The van der Waals surface area contributed by atoms with Crippen LogP contribution >= 0.6 is 11.6 Å². The highest BCUT2D eigenvalue weighted by Crippen LogP contribution is 2.27. The Hall–Kier alpha value is -2.34. The molecule has 2 aromatic rings. The minimum Gasteiger partial charge on any atom is -0.351 e. The van der Waals surface area contributed by atoms with E-state index in [0.29, 0.717) is 5.69 Å². The van der Waals surface area contributed by atoms with Crippen molar-refractivity contribution in [2.24, 2.45) is 0 Å². The van der Waals surface area contributed by atoms with E-state index in [0.717, 1.165) is 5.56 Å². The monoisotopic (exact) mass is 293 g/mol. The molecule has 0 saturated heterocycles. The van der Waals surface area contributed by atoms with E-state index in [-0.39, 0.29) is 16.8 Å². The van der Waals surface area contributed by atoms with Crippen LogP contribution in [0.1, 0.15) is 28.4 Å². The maximum absolute atomic E-state index is 12.0. The summed E-state index contributed by atoms with van der Waals surface area (Å²) in [6.07, 6.45) is 1.17. The molecule has 7 heteroatoms. The number of aromatic amines is 1. The summed E-state index contributed by atoms with van der Waals surface area (Å²) in [5.74, 6) is -0.456. The quantitative estimate of drug-likeness (QED) is 0.514. The normalized spacial score (nSPS) is 11.9. The molecule has 6 nitrogen and oxygen atoms in total. The average Bonchev–Trinajstić information content (AvgIpc) is 2.89. The van der Waals surface area contributed by atoms with Crippen molar-refractivity contribution in [1.82, 2.24) is 4.98 Å². The third-order valence-electron chi connectivity index (χ3n) is 2.76. The summed E-state index contributed by atoms with van der Waals surface area (Å²) >= 11 is 6.04. The highest BCUT2D eigenvalue weighted by atomic mass is 35.5. The van der Waals surface area contributed by atoms with Crippen molar-refractivity contribution in [2.75, 3.05) is 5.32 Å². The number of nitro groups is 1. The minimum atomic E-state index is -0.567. The van der Waals surface area contributed by atoms with Crippen LogP contribution in [0.15, 0.2) is 36.5 Å². The summed E-state index contributed by atoms with van der Waals surface area (Å²) in [4.78, 5) is 24.6. The Morgan fingerprint density at radius 1 is 1.45 bits per heavy atom. The van der Waals surface area contributed by atoms with Gasteiger partial charge >= 0.3 is 0 Å². The van der Waals surface area contributed by atoms with Gasteiger partial charge in [-0.3, -0.25) is 14.9 Å². The fourth-order valence-electron chi connectivity index (χ4n) is 1.77. The second-order valence-electron chi connectivity index (χ2n) is 4.19. The average molecular weight is 294 g/mol. The van der Waals surface area contributed by atoms with Crippen LogP contribution < -0.4 is 5.32 Å². The number of anilines is 1. The number of H-pyrrole nitrogens is 1. The fourth-order valence-corrected chi connectivity index (χ4v) is 1.96. The summed E-state index contributed by atoms with van der Waals surface area (Å²) < 4.78 is 0. The Morgan fingerprint density at radius 2 is 2.15 bits per heavy atom. The number of amides is 1. The second-order valence-corrected chi connectivity index (χ2v) is 4.84. The molecule has 0 aliphatic heterocycles. The lowest BCUT2D eigenvalue weighted by molar-refractivity contribution is -0.384. The largest absolute Gasteiger partial charge is 0.351 e. The first-order valence-corrected chi connectivity index (χ1v) is 6.30. The second kappa shape index (κ2) is 5.75. The van der Waals surface area contributed by atoms with Gasteiger partial charge in [-0.2, -0.15) is 0 Å². The lowest BCUT2D eigenvalue weighted by Crippen LogP contribution is -2.13. The smallest absolute Gasteiger partial charge is 0.287 e. The molecule has 20 heavy (non-hydrogen) atoms.